The predicted octanol–water partition coefficient (Wildman–Crippen LogP) is 3.53. The van der Waals surface area contributed by atoms with Crippen molar-refractivity contribution < 1.29 is 24.2 Å². The van der Waals surface area contributed by atoms with Crippen molar-refractivity contribution in [3.8, 4) is 11.1 Å². The number of hydrogen-bond donors (Lipinski definition) is 3. The van der Waals surface area contributed by atoms with Crippen LogP contribution in [0, 0.1) is 17.8 Å². The minimum absolute atomic E-state index is 0.0301. The summed E-state index contributed by atoms with van der Waals surface area (Å²) in [5.74, 6) is -0.370. The number of hydrogen-bond acceptors (Lipinski definition) is 4. The highest BCUT2D eigenvalue weighted by Gasteiger charge is 2.50. The van der Waals surface area contributed by atoms with E-state index in [1.165, 1.54) is 22.3 Å². The van der Waals surface area contributed by atoms with Gasteiger partial charge in [0.1, 0.15) is 6.61 Å². The molecule has 0 heterocycles. The fraction of sp³-hybridized carbons (Fsp3) is 0.423. The van der Waals surface area contributed by atoms with Crippen LogP contribution in [0.15, 0.2) is 48.5 Å². The van der Waals surface area contributed by atoms with E-state index in [0.717, 1.165) is 19.3 Å². The molecule has 3 aliphatic rings. The standard InChI is InChI=1S/C26H28N2O5/c29-24(30)9-10-27-25(31)16-11-15-13-23(21(15)12-16)28-26(32)33-14-22-19-7-3-1-5-17(19)18-6-2-4-8-20(18)22/h1-8,15-16,21-23H,9-14H2,(H,27,31)(H,28,32)(H,29,30)/t15-,16?,21-,23+/m1/s1. The molecule has 0 spiro atoms. The molecule has 4 atom stereocenters. The Balaban J connectivity index is 1.12. The monoisotopic (exact) mass is 448 g/mol. The van der Waals surface area contributed by atoms with Crippen LogP contribution in [0.1, 0.15) is 42.7 Å². The minimum Gasteiger partial charge on any atom is -0.481 e. The molecule has 2 aromatic carbocycles. The molecule has 0 aliphatic heterocycles. The van der Waals surface area contributed by atoms with Crippen LogP contribution in [0.4, 0.5) is 4.79 Å². The Morgan fingerprint density at radius 1 is 0.939 bits per heavy atom. The van der Waals surface area contributed by atoms with E-state index < -0.39 is 12.1 Å². The Kier molecular flexibility index (Phi) is 5.79. The SMILES string of the molecule is O=C(O)CCNC(=O)C1C[C@@H]2C[C@H](NC(=O)OCC3c4ccccc4-c4ccccc43)[C@@H]2C1. The summed E-state index contributed by atoms with van der Waals surface area (Å²) in [5, 5.41) is 14.4. The molecule has 33 heavy (non-hydrogen) atoms. The maximum Gasteiger partial charge on any atom is 0.407 e. The Morgan fingerprint density at radius 3 is 2.27 bits per heavy atom. The molecule has 0 saturated heterocycles. The Bertz CT molecular complexity index is 1040. The zero-order chi connectivity index (χ0) is 22.9. The molecule has 7 heteroatoms. The average Bonchev–Trinajstić information content (AvgIpc) is 3.31. The van der Waals surface area contributed by atoms with Crippen LogP contribution in [0.5, 0.6) is 0 Å². The quantitative estimate of drug-likeness (QED) is 0.601. The third kappa shape index (κ3) is 4.19. The Hall–Kier alpha value is -3.35. The molecule has 3 N–H and O–H groups in total. The van der Waals surface area contributed by atoms with E-state index in [-0.39, 0.29) is 49.3 Å². The van der Waals surface area contributed by atoms with E-state index in [9.17, 15) is 14.4 Å². The number of rotatable bonds is 7. The second kappa shape index (κ2) is 8.89. The number of fused-ring (bicyclic) bond motifs is 4. The molecule has 0 aromatic heterocycles. The van der Waals surface area contributed by atoms with Gasteiger partial charge in [-0.15, -0.1) is 0 Å². The van der Waals surface area contributed by atoms with Gasteiger partial charge in [-0.05, 0) is 53.4 Å². The molecule has 1 unspecified atom stereocenters. The van der Waals surface area contributed by atoms with Crippen molar-refractivity contribution in [1.82, 2.24) is 10.6 Å². The van der Waals surface area contributed by atoms with E-state index in [4.69, 9.17) is 9.84 Å². The fourth-order valence-corrected chi connectivity index (χ4v) is 5.83. The van der Waals surface area contributed by atoms with Gasteiger partial charge in [0.25, 0.3) is 0 Å². The van der Waals surface area contributed by atoms with Crippen LogP contribution >= 0.6 is 0 Å². The summed E-state index contributed by atoms with van der Waals surface area (Å²) in [7, 11) is 0. The number of carboxylic acid groups (broad SMARTS) is 1. The molecule has 172 valence electrons. The highest BCUT2D eigenvalue weighted by atomic mass is 16.5. The zero-order valence-electron chi connectivity index (χ0n) is 18.3. The number of nitrogens with one attached hydrogen (secondary N) is 2. The van der Waals surface area contributed by atoms with Crippen LogP contribution in [-0.2, 0) is 14.3 Å². The number of aliphatic carboxylic acids is 1. The minimum atomic E-state index is -0.922. The van der Waals surface area contributed by atoms with Gasteiger partial charge in [0, 0.05) is 24.4 Å². The summed E-state index contributed by atoms with van der Waals surface area (Å²) in [5.41, 5.74) is 4.76. The van der Waals surface area contributed by atoms with Crippen LogP contribution in [0.25, 0.3) is 11.1 Å². The van der Waals surface area contributed by atoms with Crippen molar-refractivity contribution in [2.75, 3.05) is 13.2 Å². The van der Waals surface area contributed by atoms with Gasteiger partial charge < -0.3 is 20.5 Å². The Labute approximate surface area is 192 Å². The van der Waals surface area contributed by atoms with Crippen molar-refractivity contribution in [3.05, 3.63) is 59.7 Å². The lowest BCUT2D eigenvalue weighted by atomic mass is 9.71. The molecule has 5 rings (SSSR count). The maximum absolute atomic E-state index is 12.6. The topological polar surface area (TPSA) is 105 Å². The van der Waals surface area contributed by atoms with Gasteiger partial charge in [-0.1, -0.05) is 48.5 Å². The van der Waals surface area contributed by atoms with Crippen molar-refractivity contribution in [3.63, 3.8) is 0 Å². The number of amides is 2. The van der Waals surface area contributed by atoms with E-state index in [1.54, 1.807) is 0 Å². The molecule has 7 nitrogen and oxygen atoms in total. The smallest absolute Gasteiger partial charge is 0.407 e. The first kappa shape index (κ1) is 21.5. The second-order valence-electron chi connectivity index (χ2n) is 9.34. The lowest BCUT2D eigenvalue weighted by Gasteiger charge is -2.40. The van der Waals surface area contributed by atoms with Crippen molar-refractivity contribution in [2.24, 2.45) is 17.8 Å². The van der Waals surface area contributed by atoms with Gasteiger partial charge in [-0.3, -0.25) is 9.59 Å². The molecule has 2 aromatic rings. The first-order valence-electron chi connectivity index (χ1n) is 11.6. The van der Waals surface area contributed by atoms with Gasteiger partial charge in [-0.2, -0.15) is 0 Å². The summed E-state index contributed by atoms with van der Waals surface area (Å²) in [6.45, 7) is 0.441. The number of carbonyl (C=O) groups is 3. The Morgan fingerprint density at radius 2 is 1.61 bits per heavy atom. The van der Waals surface area contributed by atoms with Crippen LogP contribution in [-0.4, -0.2) is 42.3 Å². The number of alkyl carbamates (subject to hydrolysis) is 1. The molecule has 2 fully saturated rings. The molecular weight excluding hydrogens is 420 g/mol. The lowest BCUT2D eigenvalue weighted by Crippen LogP contribution is -2.50. The van der Waals surface area contributed by atoms with Gasteiger partial charge in [0.15, 0.2) is 0 Å². The van der Waals surface area contributed by atoms with Gasteiger partial charge in [0.05, 0.1) is 6.42 Å². The zero-order valence-corrected chi connectivity index (χ0v) is 18.3. The van der Waals surface area contributed by atoms with Crippen LogP contribution < -0.4 is 10.6 Å². The molecule has 2 saturated carbocycles. The third-order valence-corrected chi connectivity index (χ3v) is 7.48. The highest BCUT2D eigenvalue weighted by molar-refractivity contribution is 5.80. The van der Waals surface area contributed by atoms with E-state index in [0.29, 0.717) is 5.92 Å². The normalized spacial score (nSPS) is 24.7. The van der Waals surface area contributed by atoms with Crippen molar-refractivity contribution >= 4 is 18.0 Å². The van der Waals surface area contributed by atoms with Crippen LogP contribution in [0.2, 0.25) is 0 Å². The molecule has 0 radical (unpaired) electrons. The largest absolute Gasteiger partial charge is 0.481 e. The molecular formula is C26H28N2O5. The summed E-state index contributed by atoms with van der Waals surface area (Å²) in [6.07, 6.45) is 1.89. The van der Waals surface area contributed by atoms with Crippen LogP contribution in [0.3, 0.4) is 0 Å². The van der Waals surface area contributed by atoms with Gasteiger partial charge >= 0.3 is 12.1 Å². The van der Waals surface area contributed by atoms with Crippen molar-refractivity contribution in [2.45, 2.75) is 37.6 Å². The van der Waals surface area contributed by atoms with Crippen molar-refractivity contribution in [1.29, 1.82) is 0 Å². The fourth-order valence-electron chi connectivity index (χ4n) is 5.83. The summed E-state index contributed by atoms with van der Waals surface area (Å²) < 4.78 is 5.66. The van der Waals surface area contributed by atoms with E-state index in [1.807, 2.05) is 24.3 Å². The summed E-state index contributed by atoms with van der Waals surface area (Å²) in [4.78, 5) is 35.5. The number of ether oxygens (including phenoxy) is 1. The van der Waals surface area contributed by atoms with E-state index in [2.05, 4.69) is 34.9 Å². The molecule has 2 amide bonds. The average molecular weight is 449 g/mol. The second-order valence-corrected chi connectivity index (χ2v) is 9.34. The summed E-state index contributed by atoms with van der Waals surface area (Å²) >= 11 is 0. The lowest BCUT2D eigenvalue weighted by molar-refractivity contribution is -0.137. The van der Waals surface area contributed by atoms with E-state index >= 15 is 0 Å². The molecule has 0 bridgehead atoms. The number of carboxylic acids is 1. The van der Waals surface area contributed by atoms with Gasteiger partial charge in [0.2, 0.25) is 5.91 Å². The molecule has 3 aliphatic carbocycles. The first-order valence-corrected chi connectivity index (χ1v) is 11.6. The first-order chi connectivity index (χ1) is 16.0. The predicted molar refractivity (Wildman–Crippen MR) is 122 cm³/mol. The number of benzene rings is 2. The highest BCUT2D eigenvalue weighted by Crippen LogP contribution is 2.50. The number of carbonyl (C=O) groups excluding carboxylic acids is 2. The third-order valence-electron chi connectivity index (χ3n) is 7.48. The summed E-state index contributed by atoms with van der Waals surface area (Å²) in [6, 6.07) is 16.5. The maximum atomic E-state index is 12.6. The van der Waals surface area contributed by atoms with Gasteiger partial charge in [-0.25, -0.2) is 4.79 Å².